The minimum Gasteiger partial charge on any atom is -0.454 e. The fourth-order valence-corrected chi connectivity index (χ4v) is 5.18. The number of nitrogens with one attached hydrogen (secondary N) is 2. The molecule has 1 atom stereocenters. The van der Waals surface area contributed by atoms with E-state index in [2.05, 4.69) is 26.5 Å². The van der Waals surface area contributed by atoms with Crippen molar-refractivity contribution in [2.45, 2.75) is 4.34 Å². The summed E-state index contributed by atoms with van der Waals surface area (Å²) in [5.41, 5.74) is 0.663. The van der Waals surface area contributed by atoms with E-state index in [1.54, 1.807) is 0 Å². The Hall–Kier alpha value is -4.16. The molecule has 2 N–H and O–H groups in total. The summed E-state index contributed by atoms with van der Waals surface area (Å²) in [6, 6.07) is 12.0. The lowest BCUT2D eigenvalue weighted by Gasteiger charge is -2.10. The topological polar surface area (TPSA) is 110 Å². The zero-order valence-electron chi connectivity index (χ0n) is 19.6. The van der Waals surface area contributed by atoms with Gasteiger partial charge in [-0.05, 0) is 41.8 Å². The van der Waals surface area contributed by atoms with E-state index in [-0.39, 0.29) is 32.9 Å². The van der Waals surface area contributed by atoms with Gasteiger partial charge in [0.15, 0.2) is 15.9 Å². The second-order valence-corrected chi connectivity index (χ2v) is 11.5. The molecule has 12 heteroatoms. The average molecular weight is 543 g/mol. The van der Waals surface area contributed by atoms with Gasteiger partial charge < -0.3 is 15.4 Å². The Morgan fingerprint density at radius 2 is 1.78 bits per heavy atom. The van der Waals surface area contributed by atoms with Crippen LogP contribution in [0.4, 0.5) is 14.5 Å². The average Bonchev–Trinajstić information content (AvgIpc) is 3.32. The number of pyridine rings is 1. The number of carbonyl (C=O) groups is 2. The quantitative estimate of drug-likeness (QED) is 0.331. The van der Waals surface area contributed by atoms with E-state index < -0.39 is 33.0 Å². The summed E-state index contributed by atoms with van der Waals surface area (Å²) in [5, 5.41) is 5.01. The Balaban J connectivity index is 1.58. The lowest BCUT2D eigenvalue weighted by atomic mass is 10.1. The molecule has 0 fully saturated rings. The van der Waals surface area contributed by atoms with Crippen molar-refractivity contribution >= 4 is 44.2 Å². The molecule has 0 spiro atoms. The Morgan fingerprint density at radius 3 is 2.43 bits per heavy atom. The summed E-state index contributed by atoms with van der Waals surface area (Å²) < 4.78 is 46.4. The molecule has 1 unspecified atom stereocenters. The second kappa shape index (κ2) is 10.4. The van der Waals surface area contributed by atoms with Gasteiger partial charge in [0.25, 0.3) is 11.8 Å². The maximum absolute atomic E-state index is 14.8. The van der Waals surface area contributed by atoms with Crippen molar-refractivity contribution in [2.24, 2.45) is 0 Å². The number of hydrogen-bond donors (Lipinski definition) is 2. The predicted octanol–water partition coefficient (Wildman–Crippen LogP) is 4.59. The highest BCUT2D eigenvalue weighted by atomic mass is 32.2. The third kappa shape index (κ3) is 5.98. The van der Waals surface area contributed by atoms with Crippen LogP contribution in [0.3, 0.4) is 0 Å². The number of halogens is 2. The molecule has 2 aromatic carbocycles. The lowest BCUT2D eigenvalue weighted by molar-refractivity contribution is 0.0957. The van der Waals surface area contributed by atoms with E-state index in [0.29, 0.717) is 10.4 Å². The van der Waals surface area contributed by atoms with Gasteiger partial charge in [-0.15, -0.1) is 11.3 Å². The number of hydrogen-bond acceptors (Lipinski definition) is 7. The molecular weight excluding hydrogens is 522 g/mol. The van der Waals surface area contributed by atoms with E-state index in [9.17, 15) is 22.6 Å². The highest BCUT2D eigenvalue weighted by Gasteiger charge is 2.22. The van der Waals surface area contributed by atoms with Crippen molar-refractivity contribution in [3.63, 3.8) is 0 Å². The van der Waals surface area contributed by atoms with Crippen LogP contribution in [0.25, 0.3) is 10.4 Å². The van der Waals surface area contributed by atoms with Crippen LogP contribution in [0.1, 0.15) is 21.0 Å². The van der Waals surface area contributed by atoms with Gasteiger partial charge in [-0.2, -0.15) is 0 Å². The number of aromatic nitrogens is 2. The van der Waals surface area contributed by atoms with Crippen molar-refractivity contribution < 1.29 is 27.3 Å². The third-order valence-electron chi connectivity index (χ3n) is 4.91. The van der Waals surface area contributed by atoms with Gasteiger partial charge in [0.05, 0.1) is 4.88 Å². The third-order valence-corrected chi connectivity index (χ3v) is 7.94. The summed E-state index contributed by atoms with van der Waals surface area (Å²) in [6.45, 7) is 0. The first-order valence-electron chi connectivity index (χ1n) is 10.6. The molecule has 2 heterocycles. The summed E-state index contributed by atoms with van der Waals surface area (Å²) in [5.74, 6) is 1.34. The van der Waals surface area contributed by atoms with E-state index in [1.165, 1.54) is 68.0 Å². The number of benzene rings is 2. The molecule has 2 amide bonds. The zero-order chi connectivity index (χ0) is 26.7. The smallest absolute Gasteiger partial charge is 0.275 e. The minimum atomic E-state index is -2.73. The van der Waals surface area contributed by atoms with Gasteiger partial charge in [-0.25, -0.2) is 13.8 Å². The summed E-state index contributed by atoms with van der Waals surface area (Å²) in [7, 11) is -1.27. The van der Waals surface area contributed by atoms with Crippen LogP contribution in [0.15, 0.2) is 65.1 Å². The first kappa shape index (κ1) is 25.9. The molecule has 0 aliphatic rings. The molecule has 37 heavy (non-hydrogen) atoms. The molecule has 2 aromatic heterocycles. The first-order valence-corrected chi connectivity index (χ1v) is 13.6. The minimum absolute atomic E-state index is 0.0518. The highest BCUT2D eigenvalue weighted by Crippen LogP contribution is 2.34. The second-order valence-electron chi connectivity index (χ2n) is 7.83. The molecule has 190 valence electrons. The Kier molecular flexibility index (Phi) is 7.32. The molecular formula is C25H20F2N4O4S2. The van der Waals surface area contributed by atoms with E-state index in [1.807, 2.05) is 0 Å². The zero-order valence-corrected chi connectivity index (χ0v) is 21.2. The summed E-state index contributed by atoms with van der Waals surface area (Å²) in [6.07, 6.45) is 2.75. The fourth-order valence-electron chi connectivity index (χ4n) is 3.14. The van der Waals surface area contributed by atoms with Crippen LogP contribution in [0.2, 0.25) is 0 Å². The van der Waals surface area contributed by atoms with Gasteiger partial charge in [-0.3, -0.25) is 18.8 Å². The standard InChI is InChI=1S/C25H20F2N4O4S2/c1-28-23(32)19-13-17(10-11-29-19)35-20-9-8-16(12-18(20)27)30-24(33)21-22(14-4-6-15(26)7-5-14)36-25(31-21)37(2,3)34/h4-13H,2H2,1,3H3,(H,28,32)(H,30,33). The van der Waals surface area contributed by atoms with Crippen LogP contribution < -0.4 is 15.4 Å². The maximum atomic E-state index is 14.8. The largest absolute Gasteiger partial charge is 0.454 e. The number of anilines is 1. The van der Waals surface area contributed by atoms with Crippen molar-refractivity contribution in [1.29, 1.82) is 0 Å². The Labute approximate surface area is 215 Å². The van der Waals surface area contributed by atoms with Gasteiger partial charge in [-0.1, -0.05) is 12.1 Å². The molecule has 0 saturated heterocycles. The molecule has 4 aromatic rings. The molecule has 0 saturated carbocycles. The summed E-state index contributed by atoms with van der Waals surface area (Å²) in [4.78, 5) is 33.3. The summed E-state index contributed by atoms with van der Waals surface area (Å²) >= 11 is 1.02. The molecule has 0 bridgehead atoms. The van der Waals surface area contributed by atoms with Crippen LogP contribution in [-0.4, -0.2) is 45.2 Å². The maximum Gasteiger partial charge on any atom is 0.275 e. The van der Waals surface area contributed by atoms with Crippen LogP contribution in [0.5, 0.6) is 11.5 Å². The lowest BCUT2D eigenvalue weighted by Crippen LogP contribution is -2.18. The van der Waals surface area contributed by atoms with Crippen LogP contribution >= 0.6 is 11.3 Å². The number of thiazole rings is 1. The molecule has 0 aliphatic heterocycles. The highest BCUT2D eigenvalue weighted by molar-refractivity contribution is 8.01. The number of nitrogens with zero attached hydrogens (tertiary/aromatic N) is 2. The fraction of sp³-hybridized carbons (Fsp3) is 0.0800. The molecule has 0 radical (unpaired) electrons. The van der Waals surface area contributed by atoms with Gasteiger partial charge in [0.1, 0.15) is 23.0 Å². The monoisotopic (exact) mass is 542 g/mol. The molecule has 4 rings (SSSR count). The van der Waals surface area contributed by atoms with Gasteiger partial charge >= 0.3 is 0 Å². The normalized spacial score (nSPS) is 12.4. The predicted molar refractivity (Wildman–Crippen MR) is 139 cm³/mol. The van der Waals surface area contributed by atoms with E-state index >= 15 is 0 Å². The SMILES string of the molecule is C=S(C)(=O)c1nc(C(=O)Nc2ccc(Oc3ccnc(C(=O)NC)c3)c(F)c2)c(-c2ccc(F)cc2)s1. The van der Waals surface area contributed by atoms with Gasteiger partial charge in [0, 0.05) is 46.8 Å². The first-order chi connectivity index (χ1) is 17.5. The van der Waals surface area contributed by atoms with Crippen molar-refractivity contribution in [2.75, 3.05) is 18.6 Å². The van der Waals surface area contributed by atoms with Crippen LogP contribution in [-0.2, 0) is 9.52 Å². The Morgan fingerprint density at radius 1 is 1.05 bits per heavy atom. The van der Waals surface area contributed by atoms with Crippen molar-refractivity contribution in [3.8, 4) is 21.9 Å². The van der Waals surface area contributed by atoms with Crippen molar-refractivity contribution in [3.05, 3.63) is 83.8 Å². The number of amides is 2. The van der Waals surface area contributed by atoms with Crippen LogP contribution in [0, 0.1) is 11.6 Å². The molecule has 0 aliphatic carbocycles. The van der Waals surface area contributed by atoms with Crippen molar-refractivity contribution in [1.82, 2.24) is 15.3 Å². The molecule has 8 nitrogen and oxygen atoms in total. The van der Waals surface area contributed by atoms with Gasteiger partial charge in [0.2, 0.25) is 0 Å². The number of ether oxygens (including phenoxy) is 1. The van der Waals surface area contributed by atoms with E-state index in [4.69, 9.17) is 4.74 Å². The van der Waals surface area contributed by atoms with E-state index in [0.717, 1.165) is 17.4 Å². The number of rotatable bonds is 7. The Bertz CT molecular complexity index is 1600. The number of carbonyl (C=O) groups excluding carboxylic acids is 2.